The second kappa shape index (κ2) is 12.7. The Bertz CT molecular complexity index is 1800. The number of aromatic nitrogens is 4. The number of ether oxygens (including phenoxy) is 1. The fraction of sp³-hybridized carbons (Fsp3) is 0.394. The maximum absolute atomic E-state index is 14.8. The Morgan fingerprint density at radius 1 is 1.08 bits per heavy atom. The summed E-state index contributed by atoms with van der Waals surface area (Å²) < 4.78 is 79.3. The van der Waals surface area contributed by atoms with Crippen molar-refractivity contribution in [2.24, 2.45) is 5.41 Å². The van der Waals surface area contributed by atoms with Crippen LogP contribution >= 0.6 is 0 Å². The SMILES string of the molecule is CCC1NC(C(=O)O)CC12CCN(c1cc(O[C@H](c3ccc(-c4cc(F)cc(F)c4)cc3-n3ccc(C)n3)C(F)(F)F)nc(N)n1)CC2. The van der Waals surface area contributed by atoms with Crippen molar-refractivity contribution < 1.29 is 36.6 Å². The van der Waals surface area contributed by atoms with Gasteiger partial charge in [-0.1, -0.05) is 19.1 Å². The molecular formula is C33H34F5N7O3. The van der Waals surface area contributed by atoms with E-state index in [0.717, 1.165) is 18.6 Å². The first-order valence-corrected chi connectivity index (χ1v) is 15.5. The topological polar surface area (TPSA) is 131 Å². The number of anilines is 2. The molecule has 2 saturated heterocycles. The van der Waals surface area contributed by atoms with E-state index in [1.165, 1.54) is 35.1 Å². The van der Waals surface area contributed by atoms with Crippen LogP contribution in [0.1, 0.15) is 50.0 Å². The third-order valence-electron chi connectivity index (χ3n) is 9.26. The van der Waals surface area contributed by atoms with Crippen LogP contribution in [-0.4, -0.2) is 62.2 Å². The molecule has 4 heterocycles. The monoisotopic (exact) mass is 671 g/mol. The van der Waals surface area contributed by atoms with Crippen molar-refractivity contribution in [3.05, 3.63) is 77.6 Å². The molecule has 15 heteroatoms. The number of nitrogens with one attached hydrogen (secondary N) is 1. The third-order valence-corrected chi connectivity index (χ3v) is 9.26. The number of piperidine rings is 1. The lowest BCUT2D eigenvalue weighted by Gasteiger charge is -2.43. The van der Waals surface area contributed by atoms with Gasteiger partial charge in [-0.2, -0.15) is 28.2 Å². The van der Waals surface area contributed by atoms with Gasteiger partial charge < -0.3 is 25.8 Å². The molecule has 2 aliphatic heterocycles. The summed E-state index contributed by atoms with van der Waals surface area (Å²) in [5.74, 6) is -2.96. The lowest BCUT2D eigenvalue weighted by Crippen LogP contribution is -2.46. The summed E-state index contributed by atoms with van der Waals surface area (Å²) in [4.78, 5) is 21.8. The van der Waals surface area contributed by atoms with E-state index in [9.17, 15) is 31.9 Å². The quantitative estimate of drug-likeness (QED) is 0.193. The van der Waals surface area contributed by atoms with Gasteiger partial charge in [0.25, 0.3) is 0 Å². The summed E-state index contributed by atoms with van der Waals surface area (Å²) in [7, 11) is 0. The molecule has 1 spiro atoms. The van der Waals surface area contributed by atoms with E-state index in [4.69, 9.17) is 10.5 Å². The van der Waals surface area contributed by atoms with Gasteiger partial charge >= 0.3 is 12.1 Å². The number of carboxylic acid groups (broad SMARTS) is 1. The zero-order valence-electron chi connectivity index (χ0n) is 26.1. The standard InChI is InChI=1S/C33H34F5N7O3/c1-3-26-32(17-24(40-26)30(46)47)7-10-44(11-8-32)27-16-28(42-31(39)41-27)48-29(33(36,37)38)23-5-4-19(20-12-21(34)15-22(35)13-20)14-25(23)45-9-6-18(2)43-45/h4-6,9,12-16,24,26,29,40H,3,7-8,10-11,17H2,1-2H3,(H,46,47)(H2,39,41,42)/t24?,26?,29-/m1/s1. The second-order valence-corrected chi connectivity index (χ2v) is 12.4. The molecule has 254 valence electrons. The summed E-state index contributed by atoms with van der Waals surface area (Å²) >= 11 is 0. The van der Waals surface area contributed by atoms with Crippen molar-refractivity contribution in [2.75, 3.05) is 23.7 Å². The first kappa shape index (κ1) is 33.1. The van der Waals surface area contributed by atoms with Crippen molar-refractivity contribution in [1.82, 2.24) is 25.1 Å². The Kier molecular flexibility index (Phi) is 8.75. The number of carbonyl (C=O) groups is 1. The zero-order valence-corrected chi connectivity index (χ0v) is 26.1. The fourth-order valence-corrected chi connectivity index (χ4v) is 6.96. The molecule has 6 rings (SSSR count). The van der Waals surface area contributed by atoms with Gasteiger partial charge in [0.2, 0.25) is 17.9 Å². The molecular weight excluding hydrogens is 637 g/mol. The molecule has 3 atom stereocenters. The van der Waals surface area contributed by atoms with Crippen LogP contribution in [0.2, 0.25) is 0 Å². The van der Waals surface area contributed by atoms with E-state index in [-0.39, 0.29) is 45.6 Å². The molecule has 0 radical (unpaired) electrons. The molecule has 2 aromatic carbocycles. The average molecular weight is 672 g/mol. The highest BCUT2D eigenvalue weighted by Gasteiger charge is 2.50. The Labute approximate surface area is 272 Å². The van der Waals surface area contributed by atoms with Gasteiger partial charge in [-0.3, -0.25) is 4.79 Å². The van der Waals surface area contributed by atoms with Gasteiger partial charge in [0.15, 0.2) is 0 Å². The van der Waals surface area contributed by atoms with Crippen molar-refractivity contribution in [2.45, 2.75) is 63.9 Å². The third kappa shape index (κ3) is 6.64. The van der Waals surface area contributed by atoms with Gasteiger partial charge in [0.1, 0.15) is 23.5 Å². The van der Waals surface area contributed by atoms with E-state index in [1.54, 1.807) is 13.0 Å². The van der Waals surface area contributed by atoms with Crippen LogP contribution in [0.3, 0.4) is 0 Å². The Balaban J connectivity index is 1.31. The van der Waals surface area contributed by atoms with Crippen LogP contribution < -0.4 is 20.7 Å². The zero-order chi connectivity index (χ0) is 34.4. The Morgan fingerprint density at radius 3 is 2.40 bits per heavy atom. The van der Waals surface area contributed by atoms with E-state index in [0.29, 0.717) is 44.1 Å². The van der Waals surface area contributed by atoms with E-state index in [1.807, 2.05) is 11.8 Å². The number of nitrogens with two attached hydrogens (primary N) is 1. The predicted molar refractivity (Wildman–Crippen MR) is 167 cm³/mol. The molecule has 2 unspecified atom stereocenters. The highest BCUT2D eigenvalue weighted by atomic mass is 19.4. The molecule has 0 amide bonds. The first-order valence-electron chi connectivity index (χ1n) is 15.5. The number of alkyl halides is 3. The Hall–Kier alpha value is -4.79. The number of aliphatic carboxylic acids is 1. The lowest BCUT2D eigenvalue weighted by atomic mass is 9.71. The predicted octanol–water partition coefficient (Wildman–Crippen LogP) is 5.99. The molecule has 0 bridgehead atoms. The largest absolute Gasteiger partial charge is 0.480 e. The van der Waals surface area contributed by atoms with Crippen LogP contribution in [-0.2, 0) is 4.79 Å². The maximum atomic E-state index is 14.8. The van der Waals surface area contributed by atoms with Crippen molar-refractivity contribution >= 4 is 17.7 Å². The number of hydrogen-bond donors (Lipinski definition) is 3. The minimum atomic E-state index is -4.94. The van der Waals surface area contributed by atoms with Crippen LogP contribution in [0.25, 0.3) is 16.8 Å². The number of halogens is 5. The molecule has 10 nitrogen and oxygen atoms in total. The summed E-state index contributed by atoms with van der Waals surface area (Å²) in [6, 6.07) is 9.04. The number of nitrogen functional groups attached to an aromatic ring is 1. The van der Waals surface area contributed by atoms with Gasteiger partial charge in [0.05, 0.1) is 11.4 Å². The van der Waals surface area contributed by atoms with Crippen LogP contribution in [0.4, 0.5) is 33.7 Å². The van der Waals surface area contributed by atoms with Gasteiger partial charge in [-0.15, -0.1) is 0 Å². The van der Waals surface area contributed by atoms with E-state index < -0.39 is 41.8 Å². The molecule has 4 aromatic rings. The molecule has 2 aliphatic rings. The van der Waals surface area contributed by atoms with Crippen LogP contribution in [0.5, 0.6) is 5.88 Å². The smallest absolute Gasteiger partial charge is 0.429 e. The molecule has 48 heavy (non-hydrogen) atoms. The highest BCUT2D eigenvalue weighted by molar-refractivity contribution is 5.74. The number of carboxylic acids is 1. The minimum absolute atomic E-state index is 0.0218. The van der Waals surface area contributed by atoms with Crippen molar-refractivity contribution in [1.29, 1.82) is 0 Å². The fourth-order valence-electron chi connectivity index (χ4n) is 6.96. The number of hydrogen-bond acceptors (Lipinski definition) is 8. The number of benzene rings is 2. The molecule has 0 aliphatic carbocycles. The second-order valence-electron chi connectivity index (χ2n) is 12.4. The molecule has 2 fully saturated rings. The summed E-state index contributed by atoms with van der Waals surface area (Å²) in [5.41, 5.74) is 6.32. The average Bonchev–Trinajstić information content (AvgIpc) is 3.62. The van der Waals surface area contributed by atoms with E-state index in [2.05, 4.69) is 20.4 Å². The number of rotatable bonds is 8. The minimum Gasteiger partial charge on any atom is -0.480 e. The Morgan fingerprint density at radius 2 is 1.79 bits per heavy atom. The van der Waals surface area contributed by atoms with Gasteiger partial charge in [-0.05, 0) is 73.4 Å². The maximum Gasteiger partial charge on any atom is 0.429 e. The highest BCUT2D eigenvalue weighted by Crippen LogP contribution is 2.46. The summed E-state index contributed by atoms with van der Waals surface area (Å²) in [6.45, 7) is 4.64. The van der Waals surface area contributed by atoms with Gasteiger partial charge in [0, 0.05) is 43.0 Å². The molecule has 4 N–H and O–H groups in total. The first-order chi connectivity index (χ1) is 22.7. The number of aryl methyl sites for hydroxylation is 1. The molecule has 0 saturated carbocycles. The summed E-state index contributed by atoms with van der Waals surface area (Å²) in [5, 5.41) is 17.1. The summed E-state index contributed by atoms with van der Waals surface area (Å²) in [6.07, 6.45) is -3.43. The molecule has 2 aromatic heterocycles. The van der Waals surface area contributed by atoms with Crippen LogP contribution in [0, 0.1) is 24.0 Å². The number of nitrogens with zero attached hydrogens (tertiary/aromatic N) is 5. The van der Waals surface area contributed by atoms with E-state index >= 15 is 0 Å². The van der Waals surface area contributed by atoms with Gasteiger partial charge in [-0.25, -0.2) is 13.5 Å². The van der Waals surface area contributed by atoms with Crippen molar-refractivity contribution in [3.63, 3.8) is 0 Å². The lowest BCUT2D eigenvalue weighted by molar-refractivity contribution is -0.198. The van der Waals surface area contributed by atoms with Crippen molar-refractivity contribution in [3.8, 4) is 22.7 Å². The normalized spacial score (nSPS) is 19.9. The van der Waals surface area contributed by atoms with Crippen LogP contribution in [0.15, 0.2) is 54.7 Å².